The monoisotopic (exact) mass is 418 g/mol. The Morgan fingerprint density at radius 2 is 1.34 bits per heavy atom. The Kier molecular flexibility index (Phi) is 4.35. The van der Waals surface area contributed by atoms with Gasteiger partial charge in [0.25, 0.3) is 5.82 Å². The first-order chi connectivity index (χ1) is 16.8. The van der Waals surface area contributed by atoms with E-state index in [9.17, 15) is 0 Å². The van der Waals surface area contributed by atoms with E-state index in [-0.39, 0.29) is 0 Å². The molecule has 1 heterocycles. The Bertz CT molecular complexity index is 1430. The standard InChI is InChI=1S/C30H27N2/c1-22-17-18-26(23(2)21-22)30-31(3)19-20-32(30)29-27(24-11-6-4-7-12-24)15-10-16-28(29)25-13-8-5-9-14-25/h4-21H,1-3H3/q+1/i1D3. The largest absolute Gasteiger partial charge is 0.294 e. The number of aryl methyl sites for hydroxylation is 3. The first-order valence-electron chi connectivity index (χ1n) is 12.3. The lowest BCUT2D eigenvalue weighted by Gasteiger charge is -2.15. The maximum absolute atomic E-state index is 7.80. The molecule has 0 radical (unpaired) electrons. The van der Waals surface area contributed by atoms with Crippen molar-refractivity contribution in [2.45, 2.75) is 13.8 Å². The summed E-state index contributed by atoms with van der Waals surface area (Å²) in [5.41, 5.74) is 7.88. The first kappa shape index (κ1) is 16.7. The number of para-hydroxylation sites is 1. The zero-order valence-corrected chi connectivity index (χ0v) is 18.3. The fourth-order valence-corrected chi connectivity index (χ4v) is 4.40. The van der Waals surface area contributed by atoms with Crippen molar-refractivity contribution in [2.75, 3.05) is 0 Å². The second-order valence-corrected chi connectivity index (χ2v) is 8.07. The van der Waals surface area contributed by atoms with E-state index in [4.69, 9.17) is 4.11 Å². The molecule has 0 amide bonds. The molecule has 4 aromatic carbocycles. The van der Waals surface area contributed by atoms with Crippen molar-refractivity contribution in [3.05, 3.63) is 121 Å². The maximum atomic E-state index is 7.80. The molecule has 0 atom stereocenters. The SMILES string of the molecule is [2H]C([2H])([2H])c1ccc(-c2n(-c3c(-c4ccccc4)cccc3-c3ccccc3)cc[n+]2C)c(C)c1. The molecule has 156 valence electrons. The minimum absolute atomic E-state index is 0.356. The third-order valence-electron chi connectivity index (χ3n) is 5.92. The van der Waals surface area contributed by atoms with E-state index in [1.54, 1.807) is 12.1 Å². The smallest absolute Gasteiger partial charge is 0.232 e. The van der Waals surface area contributed by atoms with Gasteiger partial charge in [0, 0.05) is 15.2 Å². The van der Waals surface area contributed by atoms with Crippen molar-refractivity contribution in [2.24, 2.45) is 7.05 Å². The van der Waals surface area contributed by atoms with Crippen LogP contribution in [0.3, 0.4) is 0 Å². The Morgan fingerprint density at radius 1 is 0.719 bits per heavy atom. The molecule has 0 aliphatic rings. The van der Waals surface area contributed by atoms with Gasteiger partial charge in [0.05, 0.1) is 12.6 Å². The number of nitrogens with zero attached hydrogens (tertiary/aromatic N) is 2. The molecule has 2 heteroatoms. The van der Waals surface area contributed by atoms with Crippen LogP contribution in [-0.4, -0.2) is 4.57 Å². The quantitative estimate of drug-likeness (QED) is 0.280. The zero-order chi connectivity index (χ0) is 24.6. The van der Waals surface area contributed by atoms with Crippen LogP contribution in [0.2, 0.25) is 0 Å². The van der Waals surface area contributed by atoms with Gasteiger partial charge in [0.1, 0.15) is 18.1 Å². The van der Waals surface area contributed by atoms with Gasteiger partial charge >= 0.3 is 0 Å². The highest BCUT2D eigenvalue weighted by Gasteiger charge is 2.26. The van der Waals surface area contributed by atoms with Crippen LogP contribution < -0.4 is 4.57 Å². The molecular weight excluding hydrogens is 388 g/mol. The van der Waals surface area contributed by atoms with Crippen LogP contribution in [0.15, 0.2) is 109 Å². The van der Waals surface area contributed by atoms with Crippen molar-refractivity contribution in [1.29, 1.82) is 0 Å². The van der Waals surface area contributed by atoms with Crippen LogP contribution in [-0.2, 0) is 7.05 Å². The van der Waals surface area contributed by atoms with Gasteiger partial charge in [0.15, 0.2) is 0 Å². The summed E-state index contributed by atoms with van der Waals surface area (Å²) in [5, 5.41) is 0. The number of aromatic nitrogens is 2. The van der Waals surface area contributed by atoms with Crippen molar-refractivity contribution >= 4 is 0 Å². The highest BCUT2D eigenvalue weighted by atomic mass is 15.1. The molecule has 0 fully saturated rings. The van der Waals surface area contributed by atoms with E-state index in [0.717, 1.165) is 44.9 Å². The van der Waals surface area contributed by atoms with Gasteiger partial charge in [0.2, 0.25) is 0 Å². The van der Waals surface area contributed by atoms with Gasteiger partial charge in [-0.3, -0.25) is 0 Å². The lowest BCUT2D eigenvalue weighted by molar-refractivity contribution is -0.659. The minimum atomic E-state index is -2.13. The van der Waals surface area contributed by atoms with Gasteiger partial charge in [-0.05, 0) is 36.5 Å². The van der Waals surface area contributed by atoms with E-state index in [0.29, 0.717) is 5.56 Å². The van der Waals surface area contributed by atoms with E-state index in [1.165, 1.54) is 0 Å². The van der Waals surface area contributed by atoms with Crippen LogP contribution in [0.25, 0.3) is 39.3 Å². The number of hydrogen-bond acceptors (Lipinski definition) is 0. The van der Waals surface area contributed by atoms with Gasteiger partial charge in [-0.25, -0.2) is 4.57 Å². The average Bonchev–Trinajstić information content (AvgIpc) is 3.24. The van der Waals surface area contributed by atoms with Gasteiger partial charge < -0.3 is 0 Å². The fourth-order valence-electron chi connectivity index (χ4n) is 4.40. The number of imidazole rings is 1. The molecule has 0 aliphatic carbocycles. The second kappa shape index (κ2) is 8.32. The minimum Gasteiger partial charge on any atom is -0.232 e. The Labute approximate surface area is 194 Å². The van der Waals surface area contributed by atoms with Crippen LogP contribution in [0.4, 0.5) is 0 Å². The van der Waals surface area contributed by atoms with Crippen LogP contribution in [0.1, 0.15) is 15.2 Å². The van der Waals surface area contributed by atoms with Crippen molar-refractivity contribution < 1.29 is 8.68 Å². The highest BCUT2D eigenvalue weighted by molar-refractivity contribution is 5.86. The second-order valence-electron chi connectivity index (χ2n) is 8.07. The molecule has 0 spiro atoms. The summed E-state index contributed by atoms with van der Waals surface area (Å²) in [6.45, 7) is -0.156. The van der Waals surface area contributed by atoms with E-state index in [1.807, 2.05) is 38.4 Å². The summed E-state index contributed by atoms with van der Waals surface area (Å²) in [5.74, 6) is 0.986. The first-order valence-corrected chi connectivity index (χ1v) is 10.8. The Hall–Kier alpha value is -3.91. The van der Waals surface area contributed by atoms with Crippen LogP contribution >= 0.6 is 0 Å². The molecule has 0 saturated carbocycles. The Morgan fingerprint density at radius 3 is 1.91 bits per heavy atom. The number of benzene rings is 4. The summed E-state index contributed by atoms with van der Waals surface area (Å²) in [7, 11) is 2.02. The van der Waals surface area contributed by atoms with E-state index >= 15 is 0 Å². The maximum Gasteiger partial charge on any atom is 0.294 e. The number of hydrogen-bond donors (Lipinski definition) is 0. The molecule has 0 unspecified atom stereocenters. The molecule has 5 aromatic rings. The van der Waals surface area contributed by atoms with E-state index in [2.05, 4.69) is 82.1 Å². The van der Waals surface area contributed by atoms with Crippen LogP contribution in [0.5, 0.6) is 0 Å². The molecular formula is C30H27N2+. The van der Waals surface area contributed by atoms with Gasteiger partial charge in [-0.2, -0.15) is 4.57 Å². The predicted octanol–water partition coefficient (Wildman–Crippen LogP) is 6.92. The van der Waals surface area contributed by atoms with Crippen molar-refractivity contribution in [3.8, 4) is 39.3 Å². The molecule has 1 aromatic heterocycles. The summed E-state index contributed by atoms with van der Waals surface area (Å²) < 4.78 is 27.7. The topological polar surface area (TPSA) is 8.81 Å². The fraction of sp³-hybridized carbons (Fsp3) is 0.100. The molecule has 32 heavy (non-hydrogen) atoms. The van der Waals surface area contributed by atoms with Crippen molar-refractivity contribution in [1.82, 2.24) is 4.57 Å². The normalized spacial score (nSPS) is 12.8. The molecule has 0 saturated heterocycles. The molecule has 0 aliphatic heterocycles. The molecule has 0 bridgehead atoms. The average molecular weight is 419 g/mol. The summed E-state index contributed by atoms with van der Waals surface area (Å²) in [4.78, 5) is 0. The lowest BCUT2D eigenvalue weighted by Crippen LogP contribution is -2.29. The van der Waals surface area contributed by atoms with Crippen LogP contribution in [0, 0.1) is 13.8 Å². The highest BCUT2D eigenvalue weighted by Crippen LogP contribution is 2.37. The molecule has 0 N–H and O–H groups in total. The third-order valence-corrected chi connectivity index (χ3v) is 5.92. The summed E-state index contributed by atoms with van der Waals surface area (Å²) in [6, 6.07) is 32.7. The van der Waals surface area contributed by atoms with Crippen molar-refractivity contribution in [3.63, 3.8) is 0 Å². The third kappa shape index (κ3) is 3.54. The molecule has 5 rings (SSSR count). The summed E-state index contributed by atoms with van der Waals surface area (Å²) >= 11 is 0. The zero-order valence-electron chi connectivity index (χ0n) is 21.3. The van der Waals surface area contributed by atoms with Gasteiger partial charge in [-0.1, -0.05) is 96.6 Å². The lowest BCUT2D eigenvalue weighted by atomic mass is 9.95. The number of rotatable bonds is 4. The predicted molar refractivity (Wildman–Crippen MR) is 133 cm³/mol. The summed E-state index contributed by atoms with van der Waals surface area (Å²) in [6.07, 6.45) is 4.13. The van der Waals surface area contributed by atoms with E-state index < -0.39 is 6.85 Å². The Balaban J connectivity index is 1.80. The molecule has 2 nitrogen and oxygen atoms in total. The van der Waals surface area contributed by atoms with Gasteiger partial charge in [-0.15, -0.1) is 0 Å².